The van der Waals surface area contributed by atoms with Crippen LogP contribution in [0.4, 0.5) is 0 Å². The number of thioether (sulfide) groups is 1. The first-order valence-corrected chi connectivity index (χ1v) is 11.4. The third-order valence-corrected chi connectivity index (χ3v) is 6.53. The molecule has 0 spiro atoms. The Balaban J connectivity index is 1.42. The Hall–Kier alpha value is -2.72. The SMILES string of the molecule is CCc1nn2c(=O)cc(COC(=O)c3ccccc3SCC(=O)NC3CC3)nc2s1. The smallest absolute Gasteiger partial charge is 0.339 e. The largest absolute Gasteiger partial charge is 0.456 e. The fourth-order valence-corrected chi connectivity index (χ4v) is 4.44. The van der Waals surface area contributed by atoms with Crippen molar-refractivity contribution in [2.24, 2.45) is 0 Å². The van der Waals surface area contributed by atoms with E-state index >= 15 is 0 Å². The Labute approximate surface area is 180 Å². The zero-order chi connectivity index (χ0) is 21.1. The number of nitrogens with zero attached hydrogens (tertiary/aromatic N) is 3. The monoisotopic (exact) mass is 444 g/mol. The lowest BCUT2D eigenvalue weighted by molar-refractivity contribution is -0.118. The van der Waals surface area contributed by atoms with Crippen molar-refractivity contribution in [2.45, 2.75) is 43.7 Å². The molecule has 2 aromatic heterocycles. The quantitative estimate of drug-likeness (QED) is 0.420. The lowest BCUT2D eigenvalue weighted by Crippen LogP contribution is -2.27. The van der Waals surface area contributed by atoms with Crippen LogP contribution in [0, 0.1) is 0 Å². The number of nitrogens with one attached hydrogen (secondary N) is 1. The van der Waals surface area contributed by atoms with Gasteiger partial charge in [-0.05, 0) is 31.4 Å². The molecule has 1 fully saturated rings. The molecule has 2 heterocycles. The van der Waals surface area contributed by atoms with Gasteiger partial charge >= 0.3 is 5.97 Å². The van der Waals surface area contributed by atoms with Crippen molar-refractivity contribution < 1.29 is 14.3 Å². The number of carbonyl (C=O) groups excluding carboxylic acids is 2. The Morgan fingerprint density at radius 3 is 2.90 bits per heavy atom. The van der Waals surface area contributed by atoms with Crippen molar-refractivity contribution in [3.63, 3.8) is 0 Å². The van der Waals surface area contributed by atoms with Crippen molar-refractivity contribution in [1.82, 2.24) is 19.9 Å². The molecule has 4 rings (SSSR count). The highest BCUT2D eigenvalue weighted by atomic mass is 32.2. The highest BCUT2D eigenvalue weighted by Crippen LogP contribution is 2.24. The number of hydrogen-bond acceptors (Lipinski definition) is 8. The maximum absolute atomic E-state index is 12.6. The normalized spacial score (nSPS) is 13.4. The number of benzene rings is 1. The van der Waals surface area contributed by atoms with E-state index in [1.807, 2.05) is 13.0 Å². The van der Waals surface area contributed by atoms with Gasteiger partial charge in [0, 0.05) is 17.0 Å². The number of hydrogen-bond donors (Lipinski definition) is 1. The molecule has 1 aromatic carbocycles. The van der Waals surface area contributed by atoms with Gasteiger partial charge in [-0.15, -0.1) is 11.8 Å². The minimum absolute atomic E-state index is 0.0420. The lowest BCUT2D eigenvalue weighted by Gasteiger charge is -2.09. The minimum Gasteiger partial charge on any atom is -0.456 e. The van der Waals surface area contributed by atoms with Crippen LogP contribution in [0.1, 0.15) is 40.8 Å². The molecule has 1 aliphatic carbocycles. The van der Waals surface area contributed by atoms with Gasteiger partial charge in [0.1, 0.15) is 11.6 Å². The fourth-order valence-electron chi connectivity index (χ4n) is 2.73. The van der Waals surface area contributed by atoms with Gasteiger partial charge in [0.05, 0.1) is 17.0 Å². The van der Waals surface area contributed by atoms with Crippen molar-refractivity contribution in [1.29, 1.82) is 0 Å². The molecule has 0 saturated heterocycles. The molecule has 30 heavy (non-hydrogen) atoms. The Bertz CT molecular complexity index is 1150. The predicted molar refractivity (Wildman–Crippen MR) is 114 cm³/mol. The third-order valence-electron chi connectivity index (χ3n) is 4.40. The summed E-state index contributed by atoms with van der Waals surface area (Å²) in [6.07, 6.45) is 2.78. The van der Waals surface area contributed by atoms with Gasteiger partial charge in [0.25, 0.3) is 5.56 Å². The summed E-state index contributed by atoms with van der Waals surface area (Å²) in [4.78, 5) is 42.3. The number of amides is 1. The highest BCUT2D eigenvalue weighted by molar-refractivity contribution is 8.00. The van der Waals surface area contributed by atoms with E-state index in [-0.39, 0.29) is 23.8 Å². The Kier molecular flexibility index (Phi) is 6.14. The summed E-state index contributed by atoms with van der Waals surface area (Å²) in [5, 5.41) is 7.94. The molecule has 1 N–H and O–H groups in total. The summed E-state index contributed by atoms with van der Waals surface area (Å²) >= 11 is 2.63. The minimum atomic E-state index is -0.527. The Morgan fingerprint density at radius 1 is 1.33 bits per heavy atom. The molecule has 0 radical (unpaired) electrons. The summed E-state index contributed by atoms with van der Waals surface area (Å²) in [5.41, 5.74) is 0.443. The second-order valence-electron chi connectivity index (χ2n) is 6.83. The van der Waals surface area contributed by atoms with Crippen LogP contribution in [-0.2, 0) is 22.6 Å². The number of rotatable bonds is 8. The van der Waals surface area contributed by atoms with Crippen LogP contribution >= 0.6 is 23.1 Å². The van der Waals surface area contributed by atoms with Crippen LogP contribution in [0.2, 0.25) is 0 Å². The van der Waals surface area contributed by atoms with Gasteiger partial charge in [-0.25, -0.2) is 9.78 Å². The van der Waals surface area contributed by atoms with E-state index < -0.39 is 5.97 Å². The standard InChI is InChI=1S/C20H20N4O4S2/c1-2-17-23-24-18(26)9-13(22-20(24)30-17)10-28-19(27)14-5-3-4-6-15(14)29-11-16(25)21-12-7-8-12/h3-6,9,12H,2,7-8,10-11H2,1H3,(H,21,25). The van der Waals surface area contributed by atoms with Crippen LogP contribution in [0.5, 0.6) is 0 Å². The van der Waals surface area contributed by atoms with E-state index in [0.29, 0.717) is 33.6 Å². The molecule has 0 aliphatic heterocycles. The molecule has 1 saturated carbocycles. The Morgan fingerprint density at radius 2 is 2.13 bits per heavy atom. The second-order valence-corrected chi connectivity index (χ2v) is 8.89. The van der Waals surface area contributed by atoms with E-state index in [9.17, 15) is 14.4 Å². The molecule has 10 heteroatoms. The van der Waals surface area contributed by atoms with Crippen molar-refractivity contribution in [2.75, 3.05) is 5.75 Å². The van der Waals surface area contributed by atoms with E-state index in [1.165, 1.54) is 33.7 Å². The van der Waals surface area contributed by atoms with Crippen LogP contribution in [-0.4, -0.2) is 38.3 Å². The van der Waals surface area contributed by atoms with Gasteiger partial charge in [-0.2, -0.15) is 9.61 Å². The summed E-state index contributed by atoms with van der Waals surface area (Å²) in [6, 6.07) is 8.62. The zero-order valence-corrected chi connectivity index (χ0v) is 17.9. The molecule has 3 aromatic rings. The predicted octanol–water partition coefficient (Wildman–Crippen LogP) is 2.44. The summed E-state index contributed by atoms with van der Waals surface area (Å²) in [7, 11) is 0. The van der Waals surface area contributed by atoms with E-state index in [4.69, 9.17) is 4.74 Å². The first-order chi connectivity index (χ1) is 14.5. The van der Waals surface area contributed by atoms with Gasteiger partial charge in [0.15, 0.2) is 0 Å². The number of carbonyl (C=O) groups is 2. The average Bonchev–Trinajstić information content (AvgIpc) is 3.45. The topological polar surface area (TPSA) is 103 Å². The van der Waals surface area contributed by atoms with Gasteiger partial charge < -0.3 is 10.1 Å². The molecule has 0 bridgehead atoms. The van der Waals surface area contributed by atoms with E-state index in [1.54, 1.807) is 18.2 Å². The van der Waals surface area contributed by atoms with Crippen molar-refractivity contribution >= 4 is 39.9 Å². The number of aryl methyl sites for hydroxylation is 1. The molecular formula is C20H20N4O4S2. The number of ether oxygens (including phenoxy) is 1. The highest BCUT2D eigenvalue weighted by Gasteiger charge is 2.23. The van der Waals surface area contributed by atoms with Gasteiger partial charge in [-0.1, -0.05) is 30.4 Å². The van der Waals surface area contributed by atoms with Crippen molar-refractivity contribution in [3.8, 4) is 0 Å². The molecule has 8 nitrogen and oxygen atoms in total. The summed E-state index contributed by atoms with van der Waals surface area (Å²) in [5.74, 6) is -0.332. The summed E-state index contributed by atoms with van der Waals surface area (Å²) < 4.78 is 6.65. The third kappa shape index (κ3) is 4.88. The van der Waals surface area contributed by atoms with Crippen LogP contribution in [0.15, 0.2) is 40.0 Å². The fraction of sp³-hybridized carbons (Fsp3) is 0.350. The maximum Gasteiger partial charge on any atom is 0.339 e. The van der Waals surface area contributed by atoms with Crippen LogP contribution in [0.25, 0.3) is 4.96 Å². The van der Waals surface area contributed by atoms with Crippen LogP contribution < -0.4 is 10.9 Å². The first kappa shape index (κ1) is 20.5. The molecular weight excluding hydrogens is 424 g/mol. The van der Waals surface area contributed by atoms with Crippen molar-refractivity contribution in [3.05, 3.63) is 57.0 Å². The second kappa shape index (κ2) is 8.97. The molecule has 0 atom stereocenters. The number of fused-ring (bicyclic) bond motifs is 1. The van der Waals surface area contributed by atoms with Gasteiger partial charge in [-0.3, -0.25) is 9.59 Å². The first-order valence-electron chi connectivity index (χ1n) is 9.60. The molecule has 1 amide bonds. The van der Waals surface area contributed by atoms with E-state index in [2.05, 4.69) is 15.4 Å². The number of esters is 1. The average molecular weight is 445 g/mol. The van der Waals surface area contributed by atoms with E-state index in [0.717, 1.165) is 17.8 Å². The lowest BCUT2D eigenvalue weighted by atomic mass is 10.2. The molecule has 0 unspecified atom stereocenters. The molecule has 1 aliphatic rings. The molecule has 156 valence electrons. The van der Waals surface area contributed by atoms with Crippen LogP contribution in [0.3, 0.4) is 0 Å². The van der Waals surface area contributed by atoms with Gasteiger partial charge in [0.2, 0.25) is 10.9 Å². The zero-order valence-electron chi connectivity index (χ0n) is 16.3. The summed E-state index contributed by atoms with van der Waals surface area (Å²) in [6.45, 7) is 1.83. The number of aromatic nitrogens is 3. The maximum atomic E-state index is 12.6.